The molecule has 0 aromatic heterocycles. The van der Waals surface area contributed by atoms with E-state index in [-0.39, 0.29) is 5.69 Å². The van der Waals surface area contributed by atoms with Gasteiger partial charge in [-0.3, -0.25) is 10.1 Å². The molecule has 1 fully saturated rings. The van der Waals surface area contributed by atoms with Crippen molar-refractivity contribution in [2.24, 2.45) is 0 Å². The molecule has 3 N–H and O–H groups in total. The molecule has 0 bridgehead atoms. The van der Waals surface area contributed by atoms with Crippen LogP contribution in [0.5, 0.6) is 0 Å². The normalized spacial score (nSPS) is 17.4. The topological polar surface area (TPSA) is 92.6 Å². The van der Waals surface area contributed by atoms with Crippen LogP contribution >= 0.6 is 0 Å². The van der Waals surface area contributed by atoms with Gasteiger partial charge in [-0.2, -0.15) is 0 Å². The van der Waals surface area contributed by atoms with E-state index < -0.39 is 10.5 Å². The van der Waals surface area contributed by atoms with E-state index in [2.05, 4.69) is 0 Å². The lowest BCUT2D eigenvalue weighted by Crippen LogP contribution is -2.39. The fraction of sp³-hybridized carbons (Fsp3) is 0.538. The monoisotopic (exact) mass is 265 g/mol. The van der Waals surface area contributed by atoms with Gasteiger partial charge in [0, 0.05) is 25.7 Å². The zero-order valence-electron chi connectivity index (χ0n) is 11.0. The van der Waals surface area contributed by atoms with E-state index in [0.717, 1.165) is 25.7 Å². The Hall–Kier alpha value is -1.82. The molecular formula is C13H19N3O3. The van der Waals surface area contributed by atoms with Gasteiger partial charge in [-0.1, -0.05) is 12.8 Å². The number of non-ortho nitro benzene ring substituents is 1. The molecule has 0 saturated heterocycles. The number of nitro benzene ring substituents is 1. The van der Waals surface area contributed by atoms with Crippen LogP contribution in [0, 0.1) is 10.1 Å². The van der Waals surface area contributed by atoms with Crippen LogP contribution in [0.1, 0.15) is 25.7 Å². The fourth-order valence-corrected chi connectivity index (χ4v) is 2.72. The molecule has 0 heterocycles. The van der Waals surface area contributed by atoms with E-state index in [1.54, 1.807) is 6.07 Å². The summed E-state index contributed by atoms with van der Waals surface area (Å²) in [4.78, 5) is 12.1. The van der Waals surface area contributed by atoms with Gasteiger partial charge in [0.2, 0.25) is 0 Å². The molecule has 0 spiro atoms. The van der Waals surface area contributed by atoms with Crippen molar-refractivity contribution in [2.75, 3.05) is 24.2 Å². The van der Waals surface area contributed by atoms with E-state index >= 15 is 0 Å². The summed E-state index contributed by atoms with van der Waals surface area (Å²) >= 11 is 0. The third-order valence-corrected chi connectivity index (χ3v) is 3.70. The Kier molecular flexibility index (Phi) is 3.61. The first kappa shape index (κ1) is 13.6. The molecule has 2 rings (SSSR count). The van der Waals surface area contributed by atoms with Crippen molar-refractivity contribution >= 4 is 17.1 Å². The fourth-order valence-electron chi connectivity index (χ4n) is 2.72. The average molecular weight is 265 g/mol. The highest BCUT2D eigenvalue weighted by Crippen LogP contribution is 2.33. The van der Waals surface area contributed by atoms with E-state index in [0.29, 0.717) is 17.9 Å². The predicted molar refractivity (Wildman–Crippen MR) is 74.2 cm³/mol. The minimum Gasteiger partial charge on any atom is -0.397 e. The van der Waals surface area contributed by atoms with Crippen molar-refractivity contribution in [1.82, 2.24) is 0 Å². The molecule has 1 saturated carbocycles. The van der Waals surface area contributed by atoms with Crippen LogP contribution in [0.25, 0.3) is 0 Å². The number of nitrogens with two attached hydrogens (primary N) is 1. The molecule has 19 heavy (non-hydrogen) atoms. The molecule has 104 valence electrons. The van der Waals surface area contributed by atoms with Gasteiger partial charge < -0.3 is 15.7 Å². The Bertz CT molecular complexity index is 484. The molecule has 1 aliphatic carbocycles. The summed E-state index contributed by atoms with van der Waals surface area (Å²) in [6, 6.07) is 4.41. The molecule has 0 atom stereocenters. The van der Waals surface area contributed by atoms with E-state index in [1.165, 1.54) is 12.1 Å². The van der Waals surface area contributed by atoms with Crippen LogP contribution in [0.4, 0.5) is 17.1 Å². The van der Waals surface area contributed by atoms with Crippen molar-refractivity contribution in [2.45, 2.75) is 31.3 Å². The lowest BCUT2D eigenvalue weighted by molar-refractivity contribution is -0.384. The molecule has 1 aromatic carbocycles. The quantitative estimate of drug-likeness (QED) is 0.493. The van der Waals surface area contributed by atoms with E-state index in [1.807, 2.05) is 11.9 Å². The second-order valence-corrected chi connectivity index (χ2v) is 5.29. The maximum atomic E-state index is 10.7. The number of benzene rings is 1. The summed E-state index contributed by atoms with van der Waals surface area (Å²) in [5.74, 6) is 0. The SMILES string of the molecule is CN(CC1(O)CCCC1)c1ccc([N+](=O)[O-])cc1N. The number of nitrogen functional groups attached to an aromatic ring is 1. The van der Waals surface area contributed by atoms with E-state index in [9.17, 15) is 15.2 Å². The van der Waals surface area contributed by atoms with Crippen molar-refractivity contribution in [1.29, 1.82) is 0 Å². The Labute approximate surface area is 112 Å². The molecule has 1 aromatic rings. The highest BCUT2D eigenvalue weighted by atomic mass is 16.6. The van der Waals surface area contributed by atoms with Crippen LogP contribution in [0.3, 0.4) is 0 Å². The second kappa shape index (κ2) is 5.05. The highest BCUT2D eigenvalue weighted by Gasteiger charge is 2.32. The van der Waals surface area contributed by atoms with Gasteiger partial charge >= 0.3 is 0 Å². The van der Waals surface area contributed by atoms with Crippen LogP contribution in [0.2, 0.25) is 0 Å². The van der Waals surface area contributed by atoms with Crippen molar-refractivity contribution in [3.05, 3.63) is 28.3 Å². The van der Waals surface area contributed by atoms with Crippen molar-refractivity contribution in [3.8, 4) is 0 Å². The lowest BCUT2D eigenvalue weighted by Gasteiger charge is -2.30. The van der Waals surface area contributed by atoms with Crippen molar-refractivity contribution in [3.63, 3.8) is 0 Å². The number of nitrogens with zero attached hydrogens (tertiary/aromatic N) is 2. The third-order valence-electron chi connectivity index (χ3n) is 3.70. The molecular weight excluding hydrogens is 246 g/mol. The number of nitro groups is 1. The van der Waals surface area contributed by atoms with Gasteiger partial charge in [-0.25, -0.2) is 0 Å². The summed E-state index contributed by atoms with van der Waals surface area (Å²) in [5, 5.41) is 21.0. The molecule has 1 aliphatic rings. The smallest absolute Gasteiger partial charge is 0.271 e. The predicted octanol–water partition coefficient (Wildman–Crippen LogP) is 1.92. The minimum atomic E-state index is -0.664. The largest absolute Gasteiger partial charge is 0.397 e. The molecule has 0 aliphatic heterocycles. The van der Waals surface area contributed by atoms with Gasteiger partial charge in [-0.05, 0) is 18.9 Å². The summed E-state index contributed by atoms with van der Waals surface area (Å²) < 4.78 is 0. The summed E-state index contributed by atoms with van der Waals surface area (Å²) in [7, 11) is 1.84. The second-order valence-electron chi connectivity index (χ2n) is 5.29. The van der Waals surface area contributed by atoms with Crippen LogP contribution < -0.4 is 10.6 Å². The molecule has 6 heteroatoms. The first-order valence-corrected chi connectivity index (χ1v) is 6.39. The Balaban J connectivity index is 2.15. The Morgan fingerprint density at radius 1 is 1.47 bits per heavy atom. The molecule has 0 amide bonds. The number of aliphatic hydroxyl groups is 1. The average Bonchev–Trinajstić information content (AvgIpc) is 2.75. The number of hydrogen-bond acceptors (Lipinski definition) is 5. The zero-order valence-corrected chi connectivity index (χ0v) is 11.0. The Morgan fingerprint density at radius 2 is 2.11 bits per heavy atom. The van der Waals surface area contributed by atoms with Gasteiger partial charge in [-0.15, -0.1) is 0 Å². The standard InChI is InChI=1S/C13H19N3O3/c1-15(9-13(17)6-2-3-7-13)12-5-4-10(16(18)19)8-11(12)14/h4-5,8,17H,2-3,6-7,9,14H2,1H3. The minimum absolute atomic E-state index is 0.0192. The van der Waals surface area contributed by atoms with E-state index in [4.69, 9.17) is 5.73 Å². The van der Waals surface area contributed by atoms with Crippen LogP contribution in [-0.4, -0.2) is 29.2 Å². The zero-order chi connectivity index (χ0) is 14.0. The Morgan fingerprint density at radius 3 is 2.63 bits per heavy atom. The number of anilines is 2. The number of hydrogen-bond donors (Lipinski definition) is 2. The van der Waals surface area contributed by atoms with Gasteiger partial charge in [0.05, 0.1) is 21.9 Å². The van der Waals surface area contributed by atoms with Gasteiger partial charge in [0.25, 0.3) is 5.69 Å². The summed E-state index contributed by atoms with van der Waals surface area (Å²) in [5.41, 5.74) is 6.24. The summed E-state index contributed by atoms with van der Waals surface area (Å²) in [6.45, 7) is 0.495. The highest BCUT2D eigenvalue weighted by molar-refractivity contribution is 5.70. The number of likely N-dealkylation sites (N-methyl/N-ethyl adjacent to an activating group) is 1. The first-order chi connectivity index (χ1) is 8.91. The van der Waals surface area contributed by atoms with Crippen LogP contribution in [0.15, 0.2) is 18.2 Å². The van der Waals surface area contributed by atoms with Crippen molar-refractivity contribution < 1.29 is 10.0 Å². The summed E-state index contributed by atoms with van der Waals surface area (Å²) in [6.07, 6.45) is 3.68. The molecule has 0 unspecified atom stereocenters. The van der Waals surface area contributed by atoms with Crippen LogP contribution in [-0.2, 0) is 0 Å². The van der Waals surface area contributed by atoms with Gasteiger partial charge in [0.1, 0.15) is 0 Å². The maximum absolute atomic E-state index is 10.7. The van der Waals surface area contributed by atoms with Gasteiger partial charge in [0.15, 0.2) is 0 Å². The number of rotatable bonds is 4. The third kappa shape index (κ3) is 2.96. The molecule has 0 radical (unpaired) electrons. The lowest BCUT2D eigenvalue weighted by atomic mass is 10.0. The first-order valence-electron chi connectivity index (χ1n) is 6.39. The maximum Gasteiger partial charge on any atom is 0.271 e. The molecule has 6 nitrogen and oxygen atoms in total.